The lowest BCUT2D eigenvalue weighted by Crippen LogP contribution is -2.13. The summed E-state index contributed by atoms with van der Waals surface area (Å²) in [7, 11) is -1.37. The van der Waals surface area contributed by atoms with E-state index in [1.165, 1.54) is 20.2 Å². The van der Waals surface area contributed by atoms with Gasteiger partial charge in [-0.3, -0.25) is 0 Å². The molecular formula is C96H49I18O12S3+3. The molecule has 0 atom stereocenters. The molecule has 16 rings (SSSR count). The van der Waals surface area contributed by atoms with Gasteiger partial charge in [0.05, 0.1) is 90.9 Å². The SMILES string of the molecule is O=C(Oc1c(I)cc(I)cc1I)c1ccc([S+](c2ccc(C(=O)Oc3c(I)cc(I)cc3I)cc2)c2ccc(C(=O)Oc3c(I)cc(I)cc3I)cc2)cc1.O=C(Oc1c(I)cc(I)cc1I)c1ccc([S+](c2ccccc2)c2ccc(C(=O)Oc3c(I)cc(I)cc3I)cc2)cc1.O=C(Oc1cccc(-[s+]2c3ccccc3c3ccccc32)c1)c1c(I)cc(I)cc1I. The highest BCUT2D eigenvalue weighted by Crippen LogP contribution is 2.50. The van der Waals surface area contributed by atoms with Gasteiger partial charge in [0.1, 0.15) is 5.75 Å². The molecule has 0 fully saturated rings. The molecule has 1 heterocycles. The largest absolute Gasteiger partial charge is 0.423 e. The zero-order valence-corrected chi connectivity index (χ0v) is 106. The van der Waals surface area contributed by atoms with Gasteiger partial charge in [-0.25, -0.2) is 28.8 Å². The normalized spacial score (nSPS) is 11.0. The van der Waals surface area contributed by atoms with E-state index in [2.05, 4.69) is 473 Å². The summed E-state index contributed by atoms with van der Waals surface area (Å²) < 4.78 is 54.5. The first kappa shape index (κ1) is 104. The van der Waals surface area contributed by atoms with Gasteiger partial charge in [-0.15, -0.1) is 0 Å². The molecule has 16 aromatic rings. The Balaban J connectivity index is 0.000000162. The van der Waals surface area contributed by atoms with Crippen LogP contribution in [0.5, 0.6) is 34.5 Å². The van der Waals surface area contributed by atoms with Crippen LogP contribution in [0, 0.1) is 64.3 Å². The summed E-state index contributed by atoms with van der Waals surface area (Å²) in [5.74, 6) is 0.834. The number of halogens is 18. The molecule has 646 valence electrons. The van der Waals surface area contributed by atoms with E-state index < -0.39 is 51.6 Å². The molecule has 0 aliphatic heterocycles. The van der Waals surface area contributed by atoms with Gasteiger partial charge in [0.15, 0.2) is 72.4 Å². The number of hydrogen-bond donors (Lipinski definition) is 0. The number of carbonyl (C=O) groups is 6. The molecule has 1 aromatic heterocycles. The Labute approximate surface area is 996 Å². The number of esters is 6. The summed E-state index contributed by atoms with van der Waals surface area (Å²) in [4.78, 5) is 86.0. The quantitative estimate of drug-likeness (QED) is 0.0327. The maximum Gasteiger partial charge on any atom is 0.345 e. The van der Waals surface area contributed by atoms with Crippen molar-refractivity contribution in [2.45, 2.75) is 29.4 Å². The molecule has 12 nitrogen and oxygen atoms in total. The molecule has 0 aliphatic carbocycles. The maximum atomic E-state index is 13.3. The van der Waals surface area contributed by atoms with Gasteiger partial charge in [0, 0.05) is 55.9 Å². The average Bonchev–Trinajstić information content (AvgIpc) is 1.61. The Morgan fingerprint density at radius 2 is 0.434 bits per heavy atom. The summed E-state index contributed by atoms with van der Waals surface area (Å²) in [6.45, 7) is 0. The Morgan fingerprint density at radius 3 is 0.690 bits per heavy atom. The molecule has 15 aromatic carbocycles. The monoisotopic (exact) mass is 3770 g/mol. The van der Waals surface area contributed by atoms with Crippen molar-refractivity contribution in [1.82, 2.24) is 0 Å². The molecule has 0 amide bonds. The molecule has 0 spiro atoms. The highest BCUT2D eigenvalue weighted by Gasteiger charge is 2.34. The molecule has 129 heavy (non-hydrogen) atoms. The second kappa shape index (κ2) is 48.6. The number of ether oxygens (including phenoxy) is 6. The Kier molecular flexibility index (Phi) is 39.2. The van der Waals surface area contributed by atoms with Crippen LogP contribution in [0.1, 0.15) is 62.1 Å². The number of benzene rings is 15. The van der Waals surface area contributed by atoms with E-state index in [0.717, 1.165) is 98.5 Å². The summed E-state index contributed by atoms with van der Waals surface area (Å²) in [5, 5.41) is 2.57. The molecule has 0 saturated heterocycles. The van der Waals surface area contributed by atoms with Gasteiger partial charge in [0.2, 0.25) is 0 Å². The molecular weight excluding hydrogens is 3730 g/mol. The van der Waals surface area contributed by atoms with Crippen molar-refractivity contribution in [3.8, 4) is 39.4 Å². The van der Waals surface area contributed by atoms with Crippen LogP contribution >= 0.6 is 417 Å². The third-order valence-electron chi connectivity index (χ3n) is 18.4. The fourth-order valence-corrected chi connectivity index (χ4v) is 42.1. The minimum absolute atomic E-state index is 0.217. The zero-order chi connectivity index (χ0) is 91.8. The molecule has 0 saturated carbocycles. The summed E-state index contributed by atoms with van der Waals surface area (Å²) in [6.07, 6.45) is 0. The van der Waals surface area contributed by atoms with Crippen LogP contribution in [0.25, 0.3) is 25.1 Å². The molecule has 0 bridgehead atoms. The predicted molar refractivity (Wildman–Crippen MR) is 666 cm³/mol. The van der Waals surface area contributed by atoms with Crippen molar-refractivity contribution in [3.05, 3.63) is 395 Å². The minimum atomic E-state index is -0.689. The number of hydrogen-bond acceptors (Lipinski definition) is 12. The fraction of sp³-hybridized carbons (Fsp3) is 0. The van der Waals surface area contributed by atoms with Crippen molar-refractivity contribution in [1.29, 1.82) is 0 Å². The van der Waals surface area contributed by atoms with Gasteiger partial charge in [-0.05, 0) is 649 Å². The lowest BCUT2D eigenvalue weighted by Gasteiger charge is -2.12. The van der Waals surface area contributed by atoms with E-state index in [0.29, 0.717) is 67.9 Å². The number of fused-ring (bicyclic) bond motifs is 3. The van der Waals surface area contributed by atoms with E-state index in [1.807, 2.05) is 194 Å². The second-order valence-corrected chi connectivity index (χ2v) is 54.3. The van der Waals surface area contributed by atoms with E-state index in [1.54, 1.807) is 36.4 Å². The molecule has 33 heteroatoms. The third-order valence-corrected chi connectivity index (χ3v) is 38.6. The first-order chi connectivity index (χ1) is 61.8. The Hall–Kier alpha value is -0.820. The number of rotatable bonds is 19. The topological polar surface area (TPSA) is 158 Å². The second-order valence-electron chi connectivity index (χ2n) is 26.9. The van der Waals surface area contributed by atoms with Gasteiger partial charge >= 0.3 is 35.8 Å². The number of carbonyl (C=O) groups excluding carboxylic acids is 6. The molecule has 0 unspecified atom stereocenters. The zero-order valence-electron chi connectivity index (χ0n) is 64.7. The van der Waals surface area contributed by atoms with Gasteiger partial charge in [-0.1, -0.05) is 48.5 Å². The average molecular weight is 3770 g/mol. The lowest BCUT2D eigenvalue weighted by atomic mass is 10.2. The van der Waals surface area contributed by atoms with Crippen molar-refractivity contribution in [2.75, 3.05) is 0 Å². The number of thiophene rings is 1. The maximum absolute atomic E-state index is 13.3. The molecule has 0 radical (unpaired) electrons. The van der Waals surface area contributed by atoms with Crippen molar-refractivity contribution in [3.63, 3.8) is 0 Å². The van der Waals surface area contributed by atoms with Crippen LogP contribution in [0.4, 0.5) is 0 Å². The van der Waals surface area contributed by atoms with E-state index in [-0.39, 0.29) is 16.4 Å². The van der Waals surface area contributed by atoms with Crippen LogP contribution < -0.4 is 28.4 Å². The minimum Gasteiger partial charge on any atom is -0.423 e. The molecule has 0 N–H and O–H groups in total. The van der Waals surface area contributed by atoms with E-state index in [9.17, 15) is 28.8 Å². The highest BCUT2D eigenvalue weighted by atomic mass is 127. The fourth-order valence-electron chi connectivity index (χ4n) is 12.6. The third kappa shape index (κ3) is 26.7. The van der Waals surface area contributed by atoms with Crippen LogP contribution in [-0.4, -0.2) is 35.8 Å². The summed E-state index contributed by atoms with van der Waals surface area (Å²) in [5.41, 5.74) is 2.80. The Morgan fingerprint density at radius 1 is 0.209 bits per heavy atom. The first-order valence-electron chi connectivity index (χ1n) is 37.1. The highest BCUT2D eigenvalue weighted by molar-refractivity contribution is 14.1. The standard InChI is InChI=1S/C39H18I9O6S.C32H17I6O4S.C25H14I3O2S/c40-22-13-28(43)34(29(44)14-22)52-37(49)19-1-7-25(8-2-19)55(26-9-3-20(4-10-26)38(50)53-35-30(45)15-23(41)16-31(35)46)27-11-5-21(6-12-27)39(51)54-36-32(47)17-24(42)18-33(36)48;33-20-14-25(35)29(26(36)15-20)41-31(39)18-6-10-23(11-7-18)43(22-4-2-1-3-5-22)24-12-8-19(9-13-24)32(40)42-30-27(37)16-21(34)17-28(30)38;26-15-12-20(27)24(21(28)13-15)25(29)30-16-6-5-7-17(14-16)31-22-10-3-1-8-18(22)19-9-2-4-11-23(19)31/h1-18H;1-17H;1-14H/q3*+1. The smallest absolute Gasteiger partial charge is 0.345 e. The molecule has 0 aliphatic rings. The lowest BCUT2D eigenvalue weighted by molar-refractivity contribution is 0.0722. The van der Waals surface area contributed by atoms with Crippen molar-refractivity contribution in [2.24, 2.45) is 0 Å². The first-order valence-corrected chi connectivity index (χ1v) is 60.2. The summed E-state index contributed by atoms with van der Waals surface area (Å²) in [6, 6.07) is 96.1. The van der Waals surface area contributed by atoms with Crippen LogP contribution in [0.15, 0.2) is 327 Å². The van der Waals surface area contributed by atoms with Crippen LogP contribution in [0.2, 0.25) is 0 Å². The van der Waals surface area contributed by atoms with Gasteiger partial charge in [-0.2, -0.15) is 0 Å². The van der Waals surface area contributed by atoms with Crippen LogP contribution in [0.3, 0.4) is 0 Å². The van der Waals surface area contributed by atoms with E-state index in [4.69, 9.17) is 28.4 Å². The van der Waals surface area contributed by atoms with Crippen molar-refractivity contribution >= 4 is 495 Å². The summed E-state index contributed by atoms with van der Waals surface area (Å²) >= 11 is 39.7. The van der Waals surface area contributed by atoms with Gasteiger partial charge in [0.25, 0.3) is 0 Å². The Bertz CT molecular complexity index is 6480. The van der Waals surface area contributed by atoms with Crippen LogP contribution in [-0.2, 0) is 21.8 Å². The van der Waals surface area contributed by atoms with Gasteiger partial charge < -0.3 is 28.4 Å². The predicted octanol–water partition coefficient (Wildman–Crippen LogP) is 33.5. The van der Waals surface area contributed by atoms with E-state index >= 15 is 0 Å². The van der Waals surface area contributed by atoms with Crippen molar-refractivity contribution < 1.29 is 57.2 Å².